The SMILES string of the molecule is NC(=S)CCCCN1CCC(Cc2ccccc2)CC1. The van der Waals surface area contributed by atoms with E-state index in [1.54, 1.807) is 0 Å². The molecule has 1 fully saturated rings. The van der Waals surface area contributed by atoms with E-state index in [9.17, 15) is 0 Å². The summed E-state index contributed by atoms with van der Waals surface area (Å²) >= 11 is 4.91. The molecule has 0 aliphatic carbocycles. The number of piperidine rings is 1. The molecule has 110 valence electrons. The first-order valence-corrected chi connectivity index (χ1v) is 8.19. The van der Waals surface area contributed by atoms with Gasteiger partial charge in [-0.25, -0.2) is 0 Å². The van der Waals surface area contributed by atoms with Crippen LogP contribution in [0, 0.1) is 5.92 Å². The zero-order valence-corrected chi connectivity index (χ0v) is 13.1. The van der Waals surface area contributed by atoms with Crippen LogP contribution in [-0.4, -0.2) is 29.5 Å². The van der Waals surface area contributed by atoms with E-state index in [4.69, 9.17) is 18.0 Å². The van der Waals surface area contributed by atoms with Gasteiger partial charge in [0, 0.05) is 0 Å². The smallest absolute Gasteiger partial charge is 0.0727 e. The fourth-order valence-corrected chi connectivity index (χ4v) is 3.14. The molecule has 0 spiro atoms. The summed E-state index contributed by atoms with van der Waals surface area (Å²) in [4.78, 5) is 3.26. The standard InChI is InChI=1S/C17H26N2S/c18-17(20)8-4-5-11-19-12-9-16(10-13-19)14-15-6-2-1-3-7-15/h1-3,6-7,16H,4-5,8-14H2,(H2,18,20). The predicted octanol–water partition coefficient (Wildman–Crippen LogP) is 3.40. The van der Waals surface area contributed by atoms with Crippen LogP contribution in [0.4, 0.5) is 0 Å². The van der Waals surface area contributed by atoms with Crippen LogP contribution in [-0.2, 0) is 6.42 Å². The molecule has 0 radical (unpaired) electrons. The Morgan fingerprint density at radius 1 is 1.15 bits per heavy atom. The maximum Gasteiger partial charge on any atom is 0.0727 e. The third kappa shape index (κ3) is 5.59. The summed E-state index contributed by atoms with van der Waals surface area (Å²) < 4.78 is 0. The largest absolute Gasteiger partial charge is 0.393 e. The Labute approximate surface area is 128 Å². The number of hydrogen-bond donors (Lipinski definition) is 1. The van der Waals surface area contributed by atoms with E-state index in [1.807, 2.05) is 0 Å². The summed E-state index contributed by atoms with van der Waals surface area (Å²) in [5, 5.41) is 0. The summed E-state index contributed by atoms with van der Waals surface area (Å²) in [6.45, 7) is 3.72. The van der Waals surface area contributed by atoms with Crippen molar-refractivity contribution in [2.24, 2.45) is 11.7 Å². The number of likely N-dealkylation sites (tertiary alicyclic amines) is 1. The number of thiocarbonyl (C=S) groups is 1. The predicted molar refractivity (Wildman–Crippen MR) is 89.9 cm³/mol. The molecule has 20 heavy (non-hydrogen) atoms. The first-order chi connectivity index (χ1) is 9.74. The molecule has 0 aromatic heterocycles. The Hall–Kier alpha value is -0.930. The number of unbranched alkanes of at least 4 members (excludes halogenated alkanes) is 1. The molecule has 1 saturated heterocycles. The number of nitrogens with zero attached hydrogens (tertiary/aromatic N) is 1. The molecule has 2 N–H and O–H groups in total. The van der Waals surface area contributed by atoms with Crippen LogP contribution in [0.3, 0.4) is 0 Å². The molecular formula is C17H26N2S. The highest BCUT2D eigenvalue weighted by Crippen LogP contribution is 2.21. The van der Waals surface area contributed by atoms with Crippen molar-refractivity contribution in [3.63, 3.8) is 0 Å². The van der Waals surface area contributed by atoms with Crippen molar-refractivity contribution < 1.29 is 0 Å². The normalized spacial score (nSPS) is 17.2. The van der Waals surface area contributed by atoms with Crippen molar-refractivity contribution in [1.82, 2.24) is 4.90 Å². The highest BCUT2D eigenvalue weighted by atomic mass is 32.1. The molecule has 2 nitrogen and oxygen atoms in total. The van der Waals surface area contributed by atoms with Crippen LogP contribution in [0.15, 0.2) is 30.3 Å². The van der Waals surface area contributed by atoms with Crippen LogP contribution in [0.2, 0.25) is 0 Å². The lowest BCUT2D eigenvalue weighted by molar-refractivity contribution is 0.181. The van der Waals surface area contributed by atoms with E-state index in [0.29, 0.717) is 4.99 Å². The highest BCUT2D eigenvalue weighted by molar-refractivity contribution is 7.80. The third-order valence-corrected chi connectivity index (χ3v) is 4.43. The quantitative estimate of drug-likeness (QED) is 0.616. The summed E-state index contributed by atoms with van der Waals surface area (Å²) in [7, 11) is 0. The number of rotatable bonds is 7. The number of nitrogens with two attached hydrogens (primary N) is 1. The van der Waals surface area contributed by atoms with Gasteiger partial charge in [0.2, 0.25) is 0 Å². The van der Waals surface area contributed by atoms with Gasteiger partial charge in [0.1, 0.15) is 0 Å². The summed E-state index contributed by atoms with van der Waals surface area (Å²) in [6, 6.07) is 10.9. The highest BCUT2D eigenvalue weighted by Gasteiger charge is 2.18. The fourth-order valence-electron chi connectivity index (χ4n) is 3.00. The van der Waals surface area contributed by atoms with Gasteiger partial charge in [-0.3, -0.25) is 0 Å². The molecule has 0 atom stereocenters. The van der Waals surface area contributed by atoms with Crippen molar-refractivity contribution in [2.45, 2.75) is 38.5 Å². The molecule has 1 aromatic carbocycles. The van der Waals surface area contributed by atoms with Crippen LogP contribution in [0.5, 0.6) is 0 Å². The van der Waals surface area contributed by atoms with Gasteiger partial charge in [0.15, 0.2) is 0 Å². The molecule has 2 rings (SSSR count). The zero-order valence-electron chi connectivity index (χ0n) is 12.3. The van der Waals surface area contributed by atoms with Gasteiger partial charge < -0.3 is 10.6 Å². The molecule has 1 aromatic rings. The second kappa shape index (κ2) is 8.38. The molecule has 0 amide bonds. The Bertz CT molecular complexity index is 397. The molecule has 1 heterocycles. The average Bonchev–Trinajstić information content (AvgIpc) is 2.46. The van der Waals surface area contributed by atoms with Gasteiger partial charge in [0.25, 0.3) is 0 Å². The topological polar surface area (TPSA) is 29.3 Å². The Balaban J connectivity index is 1.61. The van der Waals surface area contributed by atoms with Crippen LogP contribution >= 0.6 is 12.2 Å². The van der Waals surface area contributed by atoms with Gasteiger partial charge in [-0.15, -0.1) is 0 Å². The Morgan fingerprint density at radius 2 is 1.85 bits per heavy atom. The summed E-state index contributed by atoms with van der Waals surface area (Å²) in [6.07, 6.45) is 7.18. The van der Waals surface area contributed by atoms with Gasteiger partial charge in [-0.05, 0) is 69.6 Å². The van der Waals surface area contributed by atoms with Gasteiger partial charge in [-0.2, -0.15) is 0 Å². The van der Waals surface area contributed by atoms with Crippen molar-refractivity contribution >= 4 is 17.2 Å². The fraction of sp³-hybridized carbons (Fsp3) is 0.588. The van der Waals surface area contributed by atoms with E-state index in [1.165, 1.54) is 50.9 Å². The van der Waals surface area contributed by atoms with E-state index >= 15 is 0 Å². The van der Waals surface area contributed by atoms with Crippen molar-refractivity contribution in [3.8, 4) is 0 Å². The van der Waals surface area contributed by atoms with Crippen molar-refractivity contribution in [2.75, 3.05) is 19.6 Å². The number of hydrogen-bond acceptors (Lipinski definition) is 2. The lowest BCUT2D eigenvalue weighted by Gasteiger charge is -2.32. The second-order valence-electron chi connectivity index (χ2n) is 5.90. The maximum absolute atomic E-state index is 5.52. The monoisotopic (exact) mass is 290 g/mol. The summed E-state index contributed by atoms with van der Waals surface area (Å²) in [5.41, 5.74) is 7.01. The zero-order chi connectivity index (χ0) is 14.2. The Morgan fingerprint density at radius 3 is 2.50 bits per heavy atom. The van der Waals surface area contributed by atoms with Crippen LogP contribution < -0.4 is 5.73 Å². The Kier molecular flexibility index (Phi) is 6.48. The first-order valence-electron chi connectivity index (χ1n) is 7.78. The van der Waals surface area contributed by atoms with Crippen LogP contribution in [0.1, 0.15) is 37.7 Å². The lowest BCUT2D eigenvalue weighted by Crippen LogP contribution is -2.35. The molecule has 1 aliphatic heterocycles. The van der Waals surface area contributed by atoms with Gasteiger partial charge in [0.05, 0.1) is 4.99 Å². The van der Waals surface area contributed by atoms with E-state index in [-0.39, 0.29) is 0 Å². The first kappa shape index (κ1) is 15.5. The molecule has 1 aliphatic rings. The maximum atomic E-state index is 5.52. The molecular weight excluding hydrogens is 264 g/mol. The summed E-state index contributed by atoms with van der Waals surface area (Å²) in [5.74, 6) is 0.866. The minimum atomic E-state index is 0.659. The molecule has 0 saturated carbocycles. The third-order valence-electron chi connectivity index (χ3n) is 4.22. The molecule has 0 bridgehead atoms. The number of benzene rings is 1. The van der Waals surface area contributed by atoms with E-state index in [0.717, 1.165) is 18.8 Å². The van der Waals surface area contributed by atoms with Crippen molar-refractivity contribution in [3.05, 3.63) is 35.9 Å². The minimum Gasteiger partial charge on any atom is -0.393 e. The van der Waals surface area contributed by atoms with E-state index in [2.05, 4.69) is 35.2 Å². The van der Waals surface area contributed by atoms with Gasteiger partial charge in [-0.1, -0.05) is 42.5 Å². The average molecular weight is 290 g/mol. The lowest BCUT2D eigenvalue weighted by atomic mass is 9.90. The second-order valence-corrected chi connectivity index (χ2v) is 6.42. The molecule has 0 unspecified atom stereocenters. The van der Waals surface area contributed by atoms with Crippen LogP contribution in [0.25, 0.3) is 0 Å². The van der Waals surface area contributed by atoms with Gasteiger partial charge >= 0.3 is 0 Å². The minimum absolute atomic E-state index is 0.659. The van der Waals surface area contributed by atoms with E-state index < -0.39 is 0 Å². The van der Waals surface area contributed by atoms with Crippen molar-refractivity contribution in [1.29, 1.82) is 0 Å². The molecule has 3 heteroatoms.